The van der Waals surface area contributed by atoms with Crippen molar-refractivity contribution in [3.63, 3.8) is 0 Å². The molecule has 8 rings (SSSR count). The molecule has 0 saturated heterocycles. The summed E-state index contributed by atoms with van der Waals surface area (Å²) in [6.07, 6.45) is 14.4. The first kappa shape index (κ1) is 47.7. The van der Waals surface area contributed by atoms with Crippen LogP contribution in [0.3, 0.4) is 0 Å². The van der Waals surface area contributed by atoms with Crippen molar-refractivity contribution in [2.45, 2.75) is 123 Å². The SMILES string of the molecule is CCCCC[N+]1=C(/C=C/C2=C(N(Cc3ccccc3)C(=O)OC(C)(C)C)C(=C/C=C3/N(CCCCS(=O)(=O)O)c4ccc5ccccc5c4C3(C)C)/CC2)C(C)(C)c2c1ccc1ccccc21. The average molecular weight is 919 g/mol. The minimum Gasteiger partial charge on any atom is -0.443 e. The topological polar surface area (TPSA) is 90.2 Å². The van der Waals surface area contributed by atoms with Gasteiger partial charge in [0.1, 0.15) is 12.1 Å². The van der Waals surface area contributed by atoms with Gasteiger partial charge >= 0.3 is 6.09 Å². The van der Waals surface area contributed by atoms with Gasteiger partial charge in [0, 0.05) is 47.5 Å². The van der Waals surface area contributed by atoms with E-state index in [1.54, 1.807) is 0 Å². The average Bonchev–Trinajstić information content (AvgIpc) is 3.85. The highest BCUT2D eigenvalue weighted by molar-refractivity contribution is 7.85. The maximum absolute atomic E-state index is 14.7. The highest BCUT2D eigenvalue weighted by atomic mass is 32.2. The monoisotopic (exact) mass is 918 g/mol. The van der Waals surface area contributed by atoms with E-state index >= 15 is 0 Å². The Bertz CT molecular complexity index is 2970. The van der Waals surface area contributed by atoms with Crippen LogP contribution in [-0.2, 0) is 32.2 Å². The molecule has 9 heteroatoms. The predicted octanol–water partition coefficient (Wildman–Crippen LogP) is 13.9. The zero-order chi connectivity index (χ0) is 47.7. The summed E-state index contributed by atoms with van der Waals surface area (Å²) >= 11 is 0. The number of benzene rings is 5. The number of unbranched alkanes of at least 4 members (excludes halogenated alkanes) is 3. The summed E-state index contributed by atoms with van der Waals surface area (Å²) in [4.78, 5) is 18.9. The quantitative estimate of drug-likeness (QED) is 0.0639. The molecule has 5 aromatic carbocycles. The van der Waals surface area contributed by atoms with Gasteiger partial charge in [0.05, 0.1) is 23.4 Å². The third kappa shape index (κ3) is 9.95. The molecule has 0 aromatic heterocycles. The zero-order valence-corrected chi connectivity index (χ0v) is 41.5. The van der Waals surface area contributed by atoms with Crippen molar-refractivity contribution in [1.82, 2.24) is 4.90 Å². The van der Waals surface area contributed by atoms with Gasteiger partial charge in [0.15, 0.2) is 5.71 Å². The molecule has 1 N–H and O–H groups in total. The Labute approximate surface area is 398 Å². The van der Waals surface area contributed by atoms with Crippen molar-refractivity contribution in [2.75, 3.05) is 23.7 Å². The fourth-order valence-corrected chi connectivity index (χ4v) is 11.3. The van der Waals surface area contributed by atoms with Crippen LogP contribution in [0.5, 0.6) is 0 Å². The van der Waals surface area contributed by atoms with Gasteiger partial charge in [-0.05, 0) is 129 Å². The number of carbonyl (C=O) groups excluding carboxylic acids is 1. The van der Waals surface area contributed by atoms with Crippen molar-refractivity contribution in [2.24, 2.45) is 0 Å². The van der Waals surface area contributed by atoms with Crippen LogP contribution in [0.15, 0.2) is 150 Å². The molecule has 0 bridgehead atoms. The van der Waals surface area contributed by atoms with Crippen LogP contribution in [0.1, 0.15) is 117 Å². The van der Waals surface area contributed by atoms with E-state index in [0.29, 0.717) is 25.9 Å². The summed E-state index contributed by atoms with van der Waals surface area (Å²) in [5, 5.41) is 4.87. The summed E-state index contributed by atoms with van der Waals surface area (Å²) in [6, 6.07) is 36.2. The lowest BCUT2D eigenvalue weighted by atomic mass is 9.79. The number of hydrogen-bond acceptors (Lipinski definition) is 5. The summed E-state index contributed by atoms with van der Waals surface area (Å²) in [5.41, 5.74) is 9.84. The molecular formula is C58H68N3O5S+. The normalized spacial score (nSPS) is 18.0. The van der Waals surface area contributed by atoms with Crippen LogP contribution in [0.4, 0.5) is 16.2 Å². The van der Waals surface area contributed by atoms with E-state index < -0.39 is 27.2 Å². The van der Waals surface area contributed by atoms with Crippen molar-refractivity contribution >= 4 is 54.8 Å². The fourth-order valence-electron chi connectivity index (χ4n) is 10.7. The van der Waals surface area contributed by atoms with E-state index in [9.17, 15) is 17.8 Å². The number of hydrogen-bond donors (Lipinski definition) is 1. The Kier molecular flexibility index (Phi) is 13.6. The molecule has 0 spiro atoms. The standard InChI is InChI=1S/C58H67N3O5S/c1-9-10-18-37-59-48-33-29-42-23-14-16-25-46(42)52(48)57(5,6)50(59)35-31-44-27-28-45(54(44)61(55(62)66-56(2,3)4)40-41-21-12-11-13-22-41)32-36-51-58(7,8)53-47-26-17-15-24-43(47)30-34-49(53)60(51)38-19-20-39-67(63,64)65/h11-17,21-26,29-36H,9-10,18-20,27-28,37-40H2,1-8H3/p+1. The van der Waals surface area contributed by atoms with Crippen LogP contribution in [0.2, 0.25) is 0 Å². The highest BCUT2D eigenvalue weighted by Crippen LogP contribution is 2.51. The first-order chi connectivity index (χ1) is 31.9. The van der Waals surface area contributed by atoms with E-state index in [1.807, 2.05) is 43.9 Å². The van der Waals surface area contributed by atoms with E-state index in [1.165, 1.54) is 38.7 Å². The Morgan fingerprint density at radius 3 is 2.10 bits per heavy atom. The molecule has 8 nitrogen and oxygen atoms in total. The van der Waals surface area contributed by atoms with Crippen molar-refractivity contribution in [3.8, 4) is 0 Å². The van der Waals surface area contributed by atoms with E-state index in [2.05, 4.69) is 153 Å². The Morgan fingerprint density at radius 1 is 0.776 bits per heavy atom. The van der Waals surface area contributed by atoms with E-state index in [-0.39, 0.29) is 11.2 Å². The maximum atomic E-state index is 14.7. The molecular weight excluding hydrogens is 851 g/mol. The second-order valence-electron chi connectivity index (χ2n) is 20.5. The van der Waals surface area contributed by atoms with E-state index in [4.69, 9.17) is 4.74 Å². The lowest BCUT2D eigenvalue weighted by Gasteiger charge is -2.30. The Morgan fingerprint density at radius 2 is 1.43 bits per heavy atom. The Balaban J connectivity index is 1.28. The number of carbonyl (C=O) groups is 1. The largest absolute Gasteiger partial charge is 0.443 e. The molecule has 5 aromatic rings. The second-order valence-corrected chi connectivity index (χ2v) is 22.1. The smallest absolute Gasteiger partial charge is 0.415 e. The second kappa shape index (κ2) is 19.1. The van der Waals surface area contributed by atoms with Gasteiger partial charge in [0.2, 0.25) is 5.69 Å². The summed E-state index contributed by atoms with van der Waals surface area (Å²) in [7, 11) is -4.08. The number of allylic oxidation sites excluding steroid dienone is 7. The summed E-state index contributed by atoms with van der Waals surface area (Å²) in [5.74, 6) is -0.278. The van der Waals surface area contributed by atoms with Crippen LogP contribution < -0.4 is 4.90 Å². The third-order valence-electron chi connectivity index (χ3n) is 13.8. The van der Waals surface area contributed by atoms with Gasteiger partial charge in [-0.3, -0.25) is 9.45 Å². The summed E-state index contributed by atoms with van der Waals surface area (Å²) in [6.45, 7) is 19.0. The first-order valence-electron chi connectivity index (χ1n) is 24.2. The number of amides is 1. The molecule has 3 aliphatic rings. The molecule has 0 fully saturated rings. The molecule has 2 heterocycles. The number of anilines is 1. The van der Waals surface area contributed by atoms with Gasteiger partial charge < -0.3 is 9.64 Å². The fraction of sp³-hybridized carbons (Fsp3) is 0.379. The van der Waals surface area contributed by atoms with Crippen LogP contribution >= 0.6 is 0 Å². The number of ether oxygens (including phenoxy) is 1. The van der Waals surface area contributed by atoms with Gasteiger partial charge in [-0.15, -0.1) is 0 Å². The van der Waals surface area contributed by atoms with Crippen LogP contribution in [-0.4, -0.2) is 58.7 Å². The van der Waals surface area contributed by atoms with Gasteiger partial charge in [-0.25, -0.2) is 4.79 Å². The first-order valence-corrected chi connectivity index (χ1v) is 25.8. The van der Waals surface area contributed by atoms with Crippen molar-refractivity contribution < 1.29 is 27.1 Å². The van der Waals surface area contributed by atoms with Gasteiger partial charge in [-0.1, -0.05) is 124 Å². The molecule has 1 amide bonds. The molecule has 0 unspecified atom stereocenters. The molecule has 0 radical (unpaired) electrons. The number of nitrogens with zero attached hydrogens (tertiary/aromatic N) is 3. The van der Waals surface area contributed by atoms with Crippen molar-refractivity contribution in [3.05, 3.63) is 167 Å². The summed E-state index contributed by atoms with van der Waals surface area (Å²) < 4.78 is 41.8. The Hall–Kier alpha value is -5.77. The lowest BCUT2D eigenvalue weighted by molar-refractivity contribution is -0.438. The molecule has 2 aliphatic heterocycles. The van der Waals surface area contributed by atoms with Gasteiger partial charge in [0.25, 0.3) is 10.1 Å². The minimum absolute atomic E-state index is 0.278. The number of rotatable bonds is 15. The third-order valence-corrected chi connectivity index (χ3v) is 14.6. The molecule has 350 valence electrons. The minimum atomic E-state index is -4.08. The molecule has 67 heavy (non-hydrogen) atoms. The maximum Gasteiger partial charge on any atom is 0.415 e. The van der Waals surface area contributed by atoms with Crippen LogP contribution in [0, 0.1) is 0 Å². The number of fused-ring (bicyclic) bond motifs is 6. The van der Waals surface area contributed by atoms with Gasteiger partial charge in [-0.2, -0.15) is 13.0 Å². The zero-order valence-electron chi connectivity index (χ0n) is 40.7. The van der Waals surface area contributed by atoms with E-state index in [0.717, 1.165) is 77.8 Å². The molecule has 0 saturated carbocycles. The molecule has 1 aliphatic carbocycles. The van der Waals surface area contributed by atoms with Crippen LogP contribution in [0.25, 0.3) is 21.5 Å². The lowest BCUT2D eigenvalue weighted by Crippen LogP contribution is -2.36. The van der Waals surface area contributed by atoms with Crippen molar-refractivity contribution in [1.29, 1.82) is 0 Å². The predicted molar refractivity (Wildman–Crippen MR) is 276 cm³/mol. The highest BCUT2D eigenvalue weighted by Gasteiger charge is 2.46. The molecule has 0 atom stereocenters.